The smallest absolute Gasteiger partial charge is 0.335 e. The van der Waals surface area contributed by atoms with Crippen LogP contribution in [0, 0.1) is 11.8 Å². The number of carbonyl (C=O) groups is 1. The number of ether oxygens (including phenoxy) is 1. The maximum atomic E-state index is 11.7. The first-order valence-corrected chi connectivity index (χ1v) is 15.2. The summed E-state index contributed by atoms with van der Waals surface area (Å²) in [5, 5.41) is 22.1. The highest BCUT2D eigenvalue weighted by molar-refractivity contribution is 6.39. The van der Waals surface area contributed by atoms with E-state index < -0.39 is 5.97 Å². The molecule has 2 aliphatic rings. The maximum absolute atomic E-state index is 11.7. The fraction of sp³-hybridized carbons (Fsp3) is 0.273. The molecule has 0 atom stereocenters. The lowest BCUT2D eigenvalue weighted by Gasteiger charge is -2.25. The summed E-state index contributed by atoms with van der Waals surface area (Å²) < 4.78 is 11.3. The normalized spacial score (nSPS) is 15.0. The molecule has 43 heavy (non-hydrogen) atoms. The number of nitrogens with zero attached hydrogens (tertiary/aromatic N) is 1. The van der Waals surface area contributed by atoms with E-state index in [2.05, 4.69) is 27.6 Å². The van der Waals surface area contributed by atoms with Crippen molar-refractivity contribution in [3.63, 3.8) is 0 Å². The van der Waals surface area contributed by atoms with Crippen LogP contribution in [-0.2, 0) is 6.61 Å². The van der Waals surface area contributed by atoms with Gasteiger partial charge in [-0.3, -0.25) is 0 Å². The van der Waals surface area contributed by atoms with Gasteiger partial charge in [-0.05, 0) is 86.7 Å². The van der Waals surface area contributed by atoms with Crippen molar-refractivity contribution < 1.29 is 19.2 Å². The lowest BCUT2D eigenvalue weighted by Crippen LogP contribution is -2.35. The molecule has 1 saturated heterocycles. The van der Waals surface area contributed by atoms with E-state index in [9.17, 15) is 9.90 Å². The Morgan fingerprint density at radius 1 is 1.02 bits per heavy atom. The molecule has 10 heteroatoms. The van der Waals surface area contributed by atoms with Crippen LogP contribution < -0.4 is 15.4 Å². The van der Waals surface area contributed by atoms with Crippen LogP contribution in [0.25, 0.3) is 11.3 Å². The number of benzene rings is 3. The summed E-state index contributed by atoms with van der Waals surface area (Å²) >= 11 is 19.8. The van der Waals surface area contributed by atoms with Crippen LogP contribution in [0.2, 0.25) is 15.1 Å². The largest absolute Gasteiger partial charge is 0.489 e. The minimum atomic E-state index is -1.01. The Morgan fingerprint density at radius 3 is 2.58 bits per heavy atom. The highest BCUT2D eigenvalue weighted by atomic mass is 35.5. The second kappa shape index (κ2) is 12.9. The van der Waals surface area contributed by atoms with E-state index in [0.29, 0.717) is 54.7 Å². The molecule has 2 heterocycles. The molecule has 3 N–H and O–H groups in total. The van der Waals surface area contributed by atoms with Gasteiger partial charge < -0.3 is 25.0 Å². The monoisotopic (exact) mass is 635 g/mol. The minimum absolute atomic E-state index is 0.162. The highest BCUT2D eigenvalue weighted by Crippen LogP contribution is 2.48. The second-order valence-corrected chi connectivity index (χ2v) is 11.9. The molecule has 1 aromatic heterocycles. The van der Waals surface area contributed by atoms with Crippen molar-refractivity contribution in [2.45, 2.75) is 44.2 Å². The van der Waals surface area contributed by atoms with Crippen LogP contribution in [-0.4, -0.2) is 35.4 Å². The minimum Gasteiger partial charge on any atom is -0.489 e. The summed E-state index contributed by atoms with van der Waals surface area (Å²) in [6, 6.07) is 14.4. The number of aromatic carboxylic acids is 1. The average molecular weight is 637 g/mol. The molecular weight excluding hydrogens is 609 g/mol. The first-order chi connectivity index (χ1) is 20.9. The molecule has 2 fully saturated rings. The van der Waals surface area contributed by atoms with Crippen molar-refractivity contribution in [2.24, 2.45) is 0 Å². The molecule has 1 aliphatic heterocycles. The van der Waals surface area contributed by atoms with Crippen molar-refractivity contribution >= 4 is 46.5 Å². The number of rotatable bonds is 8. The van der Waals surface area contributed by atoms with Crippen LogP contribution in [0.3, 0.4) is 0 Å². The van der Waals surface area contributed by atoms with E-state index in [-0.39, 0.29) is 18.2 Å². The number of hydrogen-bond acceptors (Lipinski definition) is 6. The maximum Gasteiger partial charge on any atom is 0.335 e. The van der Waals surface area contributed by atoms with E-state index in [0.717, 1.165) is 50.0 Å². The Bertz CT molecular complexity index is 1730. The van der Waals surface area contributed by atoms with Gasteiger partial charge in [0.1, 0.15) is 24.3 Å². The molecule has 1 aliphatic carbocycles. The SMILES string of the molecule is O=C(O)c1cc(C#Cc2ccc(OCc3conc3-c3c(Cl)ccc(C4CC4)c3Cl)cc2Cl)cc(NC2CCNCC2)c1. The van der Waals surface area contributed by atoms with Gasteiger partial charge >= 0.3 is 5.97 Å². The number of hydrogen-bond donors (Lipinski definition) is 3. The van der Waals surface area contributed by atoms with E-state index >= 15 is 0 Å². The number of carboxylic acid groups (broad SMARTS) is 1. The zero-order valence-corrected chi connectivity index (χ0v) is 25.3. The van der Waals surface area contributed by atoms with E-state index in [1.807, 2.05) is 18.2 Å². The lowest BCUT2D eigenvalue weighted by molar-refractivity contribution is 0.0697. The fourth-order valence-corrected chi connectivity index (χ4v) is 6.08. The van der Waals surface area contributed by atoms with Gasteiger partial charge in [0.05, 0.1) is 26.2 Å². The van der Waals surface area contributed by atoms with Gasteiger partial charge in [0.25, 0.3) is 0 Å². The van der Waals surface area contributed by atoms with Crippen molar-refractivity contribution in [1.29, 1.82) is 0 Å². The van der Waals surface area contributed by atoms with Crippen LogP contribution in [0.5, 0.6) is 5.75 Å². The zero-order valence-electron chi connectivity index (χ0n) is 23.1. The Morgan fingerprint density at radius 2 is 1.84 bits per heavy atom. The molecule has 0 unspecified atom stereocenters. The third kappa shape index (κ3) is 6.95. The van der Waals surface area contributed by atoms with E-state index in [4.69, 9.17) is 44.1 Å². The molecule has 1 saturated carbocycles. The number of nitrogens with one attached hydrogen (secondary N) is 2. The van der Waals surface area contributed by atoms with E-state index in [1.54, 1.807) is 30.3 Å². The average Bonchev–Trinajstić information content (AvgIpc) is 3.73. The molecule has 6 rings (SSSR count). The van der Waals surface area contributed by atoms with Gasteiger partial charge in [0.2, 0.25) is 0 Å². The Labute approximate surface area is 264 Å². The van der Waals surface area contributed by atoms with Crippen LogP contribution in [0.15, 0.2) is 59.3 Å². The Kier molecular flexibility index (Phi) is 8.83. The topological polar surface area (TPSA) is 96.6 Å². The molecule has 0 amide bonds. The van der Waals surface area contributed by atoms with Crippen molar-refractivity contribution in [1.82, 2.24) is 10.5 Å². The lowest BCUT2D eigenvalue weighted by atomic mass is 10.0. The molecule has 0 bridgehead atoms. The van der Waals surface area contributed by atoms with Gasteiger partial charge in [-0.25, -0.2) is 4.79 Å². The van der Waals surface area contributed by atoms with Gasteiger partial charge in [-0.1, -0.05) is 57.9 Å². The number of carboxylic acids is 1. The predicted octanol–water partition coefficient (Wildman–Crippen LogP) is 8.02. The van der Waals surface area contributed by atoms with Gasteiger partial charge in [-0.15, -0.1) is 0 Å². The Balaban J connectivity index is 1.17. The molecule has 0 spiro atoms. The summed E-state index contributed by atoms with van der Waals surface area (Å²) in [5.74, 6) is 6.11. The van der Waals surface area contributed by atoms with Gasteiger partial charge in [-0.2, -0.15) is 0 Å². The standard InChI is InChI=1S/C33H28Cl3N3O4/c34-28-8-7-27(20-3-4-20)31(36)30(28)32-23(18-43-39-32)17-42-26-6-5-21(29(35)16-26)2-1-19-13-22(33(40)41)15-25(14-19)38-24-9-11-37-12-10-24/h5-8,13-16,18,20,24,37-38H,3-4,9-12,17H2,(H,40,41). The second-order valence-electron chi connectivity index (χ2n) is 10.7. The molecule has 3 aromatic carbocycles. The third-order valence-corrected chi connectivity index (χ3v) is 8.62. The van der Waals surface area contributed by atoms with Crippen molar-refractivity contribution in [2.75, 3.05) is 18.4 Å². The zero-order chi connectivity index (χ0) is 29.9. The van der Waals surface area contributed by atoms with Crippen LogP contribution in [0.4, 0.5) is 5.69 Å². The van der Waals surface area contributed by atoms with Crippen molar-refractivity contribution in [3.8, 4) is 28.8 Å². The fourth-order valence-electron chi connectivity index (χ4n) is 5.16. The molecular formula is C33H28Cl3N3O4. The number of halogens is 3. The molecule has 0 radical (unpaired) electrons. The van der Waals surface area contributed by atoms with Crippen LogP contribution >= 0.6 is 34.8 Å². The molecule has 7 nitrogen and oxygen atoms in total. The first-order valence-electron chi connectivity index (χ1n) is 14.1. The van der Waals surface area contributed by atoms with Gasteiger partial charge in [0.15, 0.2) is 0 Å². The summed E-state index contributed by atoms with van der Waals surface area (Å²) in [6.07, 6.45) is 5.68. The van der Waals surface area contributed by atoms with Crippen molar-refractivity contribution in [3.05, 3.63) is 97.7 Å². The summed E-state index contributed by atoms with van der Waals surface area (Å²) in [6.45, 7) is 2.02. The molecule has 220 valence electrons. The number of anilines is 1. The molecule has 4 aromatic rings. The number of piperidine rings is 1. The predicted molar refractivity (Wildman–Crippen MR) is 169 cm³/mol. The number of aromatic nitrogens is 1. The highest BCUT2D eigenvalue weighted by Gasteiger charge is 2.29. The first kappa shape index (κ1) is 29.4. The quantitative estimate of drug-likeness (QED) is 0.169. The summed E-state index contributed by atoms with van der Waals surface area (Å²) in [4.78, 5) is 11.7. The Hall–Kier alpha value is -3.67. The third-order valence-electron chi connectivity index (χ3n) is 7.58. The van der Waals surface area contributed by atoms with E-state index in [1.165, 1.54) is 6.26 Å². The summed E-state index contributed by atoms with van der Waals surface area (Å²) in [7, 11) is 0. The van der Waals surface area contributed by atoms with Gasteiger partial charge in [0, 0.05) is 34.5 Å². The van der Waals surface area contributed by atoms with Crippen LogP contribution in [0.1, 0.15) is 64.2 Å². The summed E-state index contributed by atoms with van der Waals surface area (Å²) in [5.41, 5.74) is 5.04.